The van der Waals surface area contributed by atoms with Gasteiger partial charge in [-0.3, -0.25) is 9.59 Å². The van der Waals surface area contributed by atoms with Crippen LogP contribution in [-0.2, 0) is 25.7 Å². The van der Waals surface area contributed by atoms with Crippen molar-refractivity contribution in [2.24, 2.45) is 0 Å². The van der Waals surface area contributed by atoms with Crippen LogP contribution in [0, 0.1) is 0 Å². The zero-order valence-corrected chi connectivity index (χ0v) is 23.3. The fourth-order valence-corrected chi connectivity index (χ4v) is 5.14. The molecule has 0 spiro atoms. The van der Waals surface area contributed by atoms with Crippen LogP contribution >= 0.6 is 11.6 Å². The topological polar surface area (TPSA) is 97.0 Å². The van der Waals surface area contributed by atoms with Crippen LogP contribution in [0.3, 0.4) is 0 Å². The molecule has 4 atom stereocenters. The number of carbonyl (C=O) groups excluding carboxylic acids is 3. The molecule has 0 aliphatic carbocycles. The van der Waals surface area contributed by atoms with Gasteiger partial charge in [0, 0.05) is 29.2 Å². The molecular weight excluding hydrogens is 530 g/mol. The molecule has 2 N–H and O–H groups in total. The van der Waals surface area contributed by atoms with E-state index in [0.29, 0.717) is 23.7 Å². The Morgan fingerprint density at radius 1 is 1.00 bits per heavy atom. The third kappa shape index (κ3) is 7.83. The summed E-state index contributed by atoms with van der Waals surface area (Å²) >= 11 is 6.06. The van der Waals surface area contributed by atoms with Crippen LogP contribution in [0.25, 0.3) is 0 Å². The number of methoxy groups -OCH3 is 1. The van der Waals surface area contributed by atoms with Crippen molar-refractivity contribution in [2.45, 2.75) is 50.5 Å². The minimum Gasteiger partial charge on any atom is -0.469 e. The second-order valence-corrected chi connectivity index (χ2v) is 10.3. The van der Waals surface area contributed by atoms with Crippen LogP contribution in [0.1, 0.15) is 36.8 Å². The molecule has 9 heteroatoms. The Labute approximate surface area is 239 Å². The van der Waals surface area contributed by atoms with E-state index in [1.807, 2.05) is 60.7 Å². The highest BCUT2D eigenvalue weighted by Crippen LogP contribution is 2.34. The summed E-state index contributed by atoms with van der Waals surface area (Å²) in [7, 11) is 1.34. The van der Waals surface area contributed by atoms with E-state index in [1.165, 1.54) is 7.11 Å². The molecule has 0 bridgehead atoms. The van der Waals surface area contributed by atoms with Gasteiger partial charge in [-0.1, -0.05) is 78.3 Å². The first kappa shape index (κ1) is 29.1. The van der Waals surface area contributed by atoms with Gasteiger partial charge in [0.05, 0.1) is 26.2 Å². The van der Waals surface area contributed by atoms with Crippen molar-refractivity contribution in [3.8, 4) is 0 Å². The number of anilines is 1. The highest BCUT2D eigenvalue weighted by atomic mass is 35.5. The number of nitrogens with one attached hydrogen (secondary N) is 2. The van der Waals surface area contributed by atoms with Gasteiger partial charge in [-0.2, -0.15) is 0 Å². The highest BCUT2D eigenvalue weighted by molar-refractivity contribution is 6.30. The molecule has 0 unspecified atom stereocenters. The number of hydrogen-bond acceptors (Lipinski definition) is 5. The fourth-order valence-electron chi connectivity index (χ4n) is 4.95. The van der Waals surface area contributed by atoms with Crippen LogP contribution in [-0.4, -0.2) is 54.6 Å². The van der Waals surface area contributed by atoms with Crippen molar-refractivity contribution in [3.05, 3.63) is 101 Å². The number of amides is 3. The van der Waals surface area contributed by atoms with Crippen LogP contribution in [0.15, 0.2) is 84.9 Å². The van der Waals surface area contributed by atoms with Gasteiger partial charge in [0.2, 0.25) is 5.91 Å². The summed E-state index contributed by atoms with van der Waals surface area (Å²) in [5.41, 5.74) is 2.52. The summed E-state index contributed by atoms with van der Waals surface area (Å²) in [6, 6.07) is 24.3. The normalized spacial score (nSPS) is 18.0. The second kappa shape index (κ2) is 14.0. The number of urea groups is 1. The lowest BCUT2D eigenvalue weighted by Gasteiger charge is -2.32. The monoisotopic (exact) mass is 563 g/mol. The molecule has 1 heterocycles. The molecule has 3 aromatic rings. The zero-order valence-electron chi connectivity index (χ0n) is 22.6. The fraction of sp³-hybridized carbons (Fsp3) is 0.323. The molecule has 0 radical (unpaired) electrons. The van der Waals surface area contributed by atoms with Gasteiger partial charge in [0.25, 0.3) is 0 Å². The standard InChI is InChI=1S/C31H34ClN3O5/c1-21(40-20-22-10-5-3-6-11-22)29(34-31(38)33-26-15-9-14-25(32)17-26)30(37)35-19-24(23-12-7-4-8-13-23)16-27(35)18-28(36)39-2/h3-15,17,21,24,27,29H,16,18-20H2,1-2H3,(H2,33,34,38)/t21-,24+,27-,29+/m1/s1. The van der Waals surface area contributed by atoms with Crippen LogP contribution in [0.2, 0.25) is 5.02 Å². The maximum Gasteiger partial charge on any atom is 0.319 e. The summed E-state index contributed by atoms with van der Waals surface area (Å²) in [5.74, 6) is -0.677. The summed E-state index contributed by atoms with van der Waals surface area (Å²) in [6.07, 6.45) is -0.00925. The number of carbonyl (C=O) groups is 3. The van der Waals surface area contributed by atoms with Crippen molar-refractivity contribution >= 4 is 35.2 Å². The number of rotatable bonds is 10. The Kier molecular flexibility index (Phi) is 10.2. The Morgan fingerprint density at radius 2 is 1.70 bits per heavy atom. The molecule has 0 aromatic heterocycles. The number of halogens is 1. The number of ether oxygens (including phenoxy) is 2. The van der Waals surface area contributed by atoms with Gasteiger partial charge in [0.15, 0.2) is 0 Å². The molecule has 1 fully saturated rings. The lowest BCUT2D eigenvalue weighted by atomic mass is 9.95. The van der Waals surface area contributed by atoms with E-state index in [2.05, 4.69) is 10.6 Å². The van der Waals surface area contributed by atoms with Crippen molar-refractivity contribution < 1.29 is 23.9 Å². The number of nitrogens with zero attached hydrogens (tertiary/aromatic N) is 1. The van der Waals surface area contributed by atoms with Gasteiger partial charge < -0.3 is 25.0 Å². The average Bonchev–Trinajstić information content (AvgIpc) is 3.39. The predicted molar refractivity (Wildman–Crippen MR) is 154 cm³/mol. The lowest BCUT2D eigenvalue weighted by Crippen LogP contribution is -2.56. The van der Waals surface area contributed by atoms with Gasteiger partial charge in [-0.25, -0.2) is 4.79 Å². The number of likely N-dealkylation sites (tertiary alicyclic amines) is 1. The molecule has 4 rings (SSSR count). The van der Waals surface area contributed by atoms with E-state index in [9.17, 15) is 14.4 Å². The Bertz CT molecular complexity index is 1290. The first-order chi connectivity index (χ1) is 19.3. The molecule has 1 aliphatic heterocycles. The number of benzene rings is 3. The highest BCUT2D eigenvalue weighted by Gasteiger charge is 2.41. The first-order valence-corrected chi connectivity index (χ1v) is 13.6. The molecule has 40 heavy (non-hydrogen) atoms. The van der Waals surface area contributed by atoms with Crippen molar-refractivity contribution in [3.63, 3.8) is 0 Å². The molecule has 8 nitrogen and oxygen atoms in total. The minimum atomic E-state index is -1.02. The van der Waals surface area contributed by atoms with E-state index in [1.54, 1.807) is 36.1 Å². The molecule has 0 saturated carbocycles. The summed E-state index contributed by atoms with van der Waals surface area (Å²) < 4.78 is 11.0. The van der Waals surface area contributed by atoms with Crippen molar-refractivity contribution in [2.75, 3.05) is 19.0 Å². The largest absolute Gasteiger partial charge is 0.469 e. The summed E-state index contributed by atoms with van der Waals surface area (Å²) in [5, 5.41) is 6.03. The van der Waals surface area contributed by atoms with Gasteiger partial charge in [-0.05, 0) is 42.7 Å². The van der Waals surface area contributed by atoms with Gasteiger partial charge in [0.1, 0.15) is 6.04 Å². The molecule has 1 aliphatic rings. The van der Waals surface area contributed by atoms with E-state index < -0.39 is 24.1 Å². The average molecular weight is 564 g/mol. The molecule has 3 amide bonds. The molecule has 3 aromatic carbocycles. The van der Waals surface area contributed by atoms with Crippen LogP contribution in [0.5, 0.6) is 0 Å². The quantitative estimate of drug-likeness (QED) is 0.323. The van der Waals surface area contributed by atoms with Gasteiger partial charge in [-0.15, -0.1) is 0 Å². The second-order valence-electron chi connectivity index (χ2n) is 9.86. The zero-order chi connectivity index (χ0) is 28.5. The van der Waals surface area contributed by atoms with E-state index in [0.717, 1.165) is 11.1 Å². The molecule has 210 valence electrons. The third-order valence-corrected chi connectivity index (χ3v) is 7.29. The number of hydrogen-bond donors (Lipinski definition) is 2. The Hall–Kier alpha value is -3.88. The van der Waals surface area contributed by atoms with Crippen LogP contribution < -0.4 is 10.6 Å². The Morgan fingerprint density at radius 3 is 2.38 bits per heavy atom. The third-order valence-electron chi connectivity index (χ3n) is 7.06. The molecular formula is C31H34ClN3O5. The maximum atomic E-state index is 14.1. The maximum absolute atomic E-state index is 14.1. The SMILES string of the molecule is COC(=O)C[C@H]1C[C@H](c2ccccc2)CN1C(=O)[C@@H](NC(=O)Nc1cccc(Cl)c1)[C@@H](C)OCc1ccccc1. The van der Waals surface area contributed by atoms with Crippen LogP contribution in [0.4, 0.5) is 10.5 Å². The minimum absolute atomic E-state index is 0.0429. The lowest BCUT2D eigenvalue weighted by molar-refractivity contribution is -0.144. The number of esters is 1. The summed E-state index contributed by atoms with van der Waals surface area (Å²) in [6.45, 7) is 2.43. The smallest absolute Gasteiger partial charge is 0.319 e. The first-order valence-electron chi connectivity index (χ1n) is 13.2. The predicted octanol–water partition coefficient (Wildman–Crippen LogP) is 5.38. The van der Waals surface area contributed by atoms with E-state index in [4.69, 9.17) is 21.1 Å². The molecule has 1 saturated heterocycles. The summed E-state index contributed by atoms with van der Waals surface area (Å²) in [4.78, 5) is 41.1. The Balaban J connectivity index is 1.56. The van der Waals surface area contributed by atoms with Crippen molar-refractivity contribution in [1.82, 2.24) is 10.2 Å². The van der Waals surface area contributed by atoms with E-state index in [-0.39, 0.29) is 30.9 Å². The van der Waals surface area contributed by atoms with Crippen molar-refractivity contribution in [1.29, 1.82) is 0 Å². The van der Waals surface area contributed by atoms with Gasteiger partial charge >= 0.3 is 12.0 Å². The van der Waals surface area contributed by atoms with E-state index >= 15 is 0 Å².